The van der Waals surface area contributed by atoms with E-state index in [2.05, 4.69) is 20.3 Å². The van der Waals surface area contributed by atoms with Gasteiger partial charge >= 0.3 is 6.03 Å². The second-order valence-corrected chi connectivity index (χ2v) is 7.00. The Hall–Kier alpha value is -3.73. The zero-order chi connectivity index (χ0) is 20.5. The number of nitrogen functional groups attached to an aromatic ring is 1. The van der Waals surface area contributed by atoms with Crippen LogP contribution in [-0.4, -0.2) is 44.4 Å². The standard InChI is InChI=1S/C16H20N10O/c1-16(2,3)12-11(13(19)25(6)23-12)21-22-14-20-9(7-17)10(8-18)26(14)15(27)24(4)5/h19H2,1-6H3/b22-21+. The van der Waals surface area contributed by atoms with Crippen molar-refractivity contribution in [1.29, 1.82) is 10.5 Å². The molecule has 1 amide bonds. The largest absolute Gasteiger partial charge is 0.382 e. The molecule has 27 heavy (non-hydrogen) atoms. The van der Waals surface area contributed by atoms with E-state index >= 15 is 0 Å². The molecule has 0 bridgehead atoms. The summed E-state index contributed by atoms with van der Waals surface area (Å²) in [6, 6.07) is 3.01. The maximum Gasteiger partial charge on any atom is 0.331 e. The first kappa shape index (κ1) is 19.6. The highest BCUT2D eigenvalue weighted by Gasteiger charge is 2.27. The van der Waals surface area contributed by atoms with Crippen molar-refractivity contribution in [2.45, 2.75) is 26.2 Å². The Balaban J connectivity index is 2.66. The van der Waals surface area contributed by atoms with Crippen LogP contribution in [0.3, 0.4) is 0 Å². The summed E-state index contributed by atoms with van der Waals surface area (Å²) in [6.07, 6.45) is 0. The summed E-state index contributed by atoms with van der Waals surface area (Å²) >= 11 is 0. The van der Waals surface area contributed by atoms with Gasteiger partial charge in [-0.15, -0.1) is 10.2 Å². The highest BCUT2D eigenvalue weighted by Crippen LogP contribution is 2.36. The molecular weight excluding hydrogens is 348 g/mol. The molecule has 0 aliphatic heterocycles. The average molecular weight is 368 g/mol. The molecule has 2 rings (SSSR count). The number of imidazole rings is 1. The minimum atomic E-state index is -0.579. The third kappa shape index (κ3) is 3.48. The van der Waals surface area contributed by atoms with E-state index in [9.17, 15) is 15.3 Å². The first-order chi connectivity index (χ1) is 12.5. The van der Waals surface area contributed by atoms with Crippen molar-refractivity contribution in [3.8, 4) is 12.1 Å². The topological polar surface area (TPSA) is 154 Å². The predicted molar refractivity (Wildman–Crippen MR) is 96.6 cm³/mol. The van der Waals surface area contributed by atoms with Gasteiger partial charge in [-0.3, -0.25) is 4.68 Å². The molecule has 0 saturated heterocycles. The molecular formula is C16H20N10O. The fourth-order valence-corrected chi connectivity index (χ4v) is 2.26. The van der Waals surface area contributed by atoms with Gasteiger partial charge in [-0.2, -0.15) is 20.6 Å². The van der Waals surface area contributed by atoms with Crippen molar-refractivity contribution in [2.24, 2.45) is 17.3 Å². The highest BCUT2D eigenvalue weighted by atomic mass is 16.2. The number of anilines is 1. The Bertz CT molecular complexity index is 1000. The lowest BCUT2D eigenvalue weighted by Gasteiger charge is -2.15. The first-order valence-corrected chi connectivity index (χ1v) is 7.92. The molecule has 0 aromatic carbocycles. The number of amides is 1. The van der Waals surface area contributed by atoms with Gasteiger partial charge in [-0.05, 0) is 0 Å². The number of nitriles is 2. The zero-order valence-corrected chi connectivity index (χ0v) is 16.0. The summed E-state index contributed by atoms with van der Waals surface area (Å²) in [6.45, 7) is 5.85. The summed E-state index contributed by atoms with van der Waals surface area (Å²) < 4.78 is 2.42. The van der Waals surface area contributed by atoms with Gasteiger partial charge in [-0.1, -0.05) is 20.8 Å². The third-order valence-corrected chi connectivity index (χ3v) is 3.66. The second kappa shape index (κ2) is 6.88. The fraction of sp³-hybridized carbons (Fsp3) is 0.438. The Labute approximate surface area is 156 Å². The smallest absolute Gasteiger partial charge is 0.331 e. The molecule has 0 aliphatic rings. The van der Waals surface area contributed by atoms with Gasteiger partial charge in [0.2, 0.25) is 0 Å². The van der Waals surface area contributed by atoms with Crippen molar-refractivity contribution < 1.29 is 4.79 Å². The van der Waals surface area contributed by atoms with Crippen LogP contribution in [0.2, 0.25) is 0 Å². The first-order valence-electron chi connectivity index (χ1n) is 7.92. The van der Waals surface area contributed by atoms with Gasteiger partial charge < -0.3 is 10.6 Å². The van der Waals surface area contributed by atoms with E-state index in [0.717, 1.165) is 4.57 Å². The number of nitrogens with two attached hydrogens (primary N) is 1. The number of carbonyl (C=O) groups is 1. The second-order valence-electron chi connectivity index (χ2n) is 7.00. The van der Waals surface area contributed by atoms with E-state index in [0.29, 0.717) is 17.2 Å². The van der Waals surface area contributed by atoms with Crippen LogP contribution in [0, 0.1) is 22.7 Å². The van der Waals surface area contributed by atoms with Gasteiger partial charge in [-0.25, -0.2) is 9.36 Å². The van der Waals surface area contributed by atoms with Crippen molar-refractivity contribution in [3.63, 3.8) is 0 Å². The minimum absolute atomic E-state index is 0.190. The molecule has 2 aromatic rings. The lowest BCUT2D eigenvalue weighted by Crippen LogP contribution is -2.28. The summed E-state index contributed by atoms with van der Waals surface area (Å²) in [4.78, 5) is 17.6. The summed E-state index contributed by atoms with van der Waals surface area (Å²) in [5, 5.41) is 31.0. The fourth-order valence-electron chi connectivity index (χ4n) is 2.26. The highest BCUT2D eigenvalue weighted by molar-refractivity contribution is 5.81. The quantitative estimate of drug-likeness (QED) is 0.801. The Morgan fingerprint density at radius 1 is 1.22 bits per heavy atom. The monoisotopic (exact) mass is 368 g/mol. The van der Waals surface area contributed by atoms with Crippen molar-refractivity contribution >= 4 is 23.5 Å². The minimum Gasteiger partial charge on any atom is -0.382 e. The average Bonchev–Trinajstić information content (AvgIpc) is 3.09. The van der Waals surface area contributed by atoms with Crippen LogP contribution < -0.4 is 5.73 Å². The van der Waals surface area contributed by atoms with Crippen LogP contribution >= 0.6 is 0 Å². The SMILES string of the molecule is CN(C)C(=O)n1c(/N=N/c2c(C(C)(C)C)nn(C)c2N)nc(C#N)c1C#N. The van der Waals surface area contributed by atoms with Gasteiger partial charge in [0.15, 0.2) is 17.1 Å². The normalized spacial score (nSPS) is 11.4. The molecule has 0 fully saturated rings. The van der Waals surface area contributed by atoms with E-state index in [1.54, 1.807) is 13.1 Å². The molecule has 0 spiro atoms. The number of hydrogen-bond acceptors (Lipinski definition) is 8. The number of aromatic nitrogens is 4. The number of hydrogen-bond donors (Lipinski definition) is 1. The van der Waals surface area contributed by atoms with E-state index in [4.69, 9.17) is 5.73 Å². The van der Waals surface area contributed by atoms with E-state index in [1.807, 2.05) is 26.8 Å². The Kier molecular flexibility index (Phi) is 4.99. The number of aryl methyl sites for hydroxylation is 1. The molecule has 11 heteroatoms. The number of nitrogens with zero attached hydrogens (tertiary/aromatic N) is 9. The molecule has 0 saturated carbocycles. The molecule has 0 unspecified atom stereocenters. The molecule has 2 aromatic heterocycles. The number of carbonyl (C=O) groups excluding carboxylic acids is 1. The third-order valence-electron chi connectivity index (χ3n) is 3.66. The maximum absolute atomic E-state index is 12.4. The van der Waals surface area contributed by atoms with Gasteiger partial charge in [0.25, 0.3) is 5.95 Å². The Morgan fingerprint density at radius 2 is 1.85 bits per heavy atom. The maximum atomic E-state index is 12.4. The van der Waals surface area contributed by atoms with Crippen molar-refractivity contribution in [2.75, 3.05) is 19.8 Å². The molecule has 0 aliphatic carbocycles. The van der Waals surface area contributed by atoms with Crippen LogP contribution in [0.5, 0.6) is 0 Å². The van der Waals surface area contributed by atoms with Crippen molar-refractivity contribution in [3.05, 3.63) is 17.1 Å². The van der Waals surface area contributed by atoms with E-state index in [1.165, 1.54) is 23.7 Å². The van der Waals surface area contributed by atoms with E-state index in [-0.39, 0.29) is 22.8 Å². The molecule has 0 radical (unpaired) electrons. The number of rotatable bonds is 2. The number of azo groups is 1. The van der Waals surface area contributed by atoms with Crippen LogP contribution in [0.25, 0.3) is 0 Å². The Morgan fingerprint density at radius 3 is 2.33 bits per heavy atom. The lowest BCUT2D eigenvalue weighted by molar-refractivity contribution is 0.219. The molecule has 0 atom stereocenters. The lowest BCUT2D eigenvalue weighted by atomic mass is 9.91. The summed E-state index contributed by atoms with van der Waals surface area (Å²) in [7, 11) is 4.70. The predicted octanol–water partition coefficient (Wildman–Crippen LogP) is 2.18. The molecule has 2 N–H and O–H groups in total. The van der Waals surface area contributed by atoms with Gasteiger partial charge in [0.1, 0.15) is 18.0 Å². The molecule has 2 heterocycles. The summed E-state index contributed by atoms with van der Waals surface area (Å²) in [5.41, 5.74) is 6.22. The van der Waals surface area contributed by atoms with Gasteiger partial charge in [0, 0.05) is 26.6 Å². The molecule has 11 nitrogen and oxygen atoms in total. The molecule has 140 valence electrons. The van der Waals surface area contributed by atoms with Crippen LogP contribution in [0.1, 0.15) is 37.9 Å². The van der Waals surface area contributed by atoms with Crippen LogP contribution in [0.4, 0.5) is 22.2 Å². The van der Waals surface area contributed by atoms with E-state index < -0.39 is 6.03 Å². The van der Waals surface area contributed by atoms with Gasteiger partial charge in [0.05, 0.1) is 5.69 Å². The van der Waals surface area contributed by atoms with Crippen molar-refractivity contribution in [1.82, 2.24) is 24.2 Å². The summed E-state index contributed by atoms with van der Waals surface area (Å²) in [5.74, 6) is 0.103. The van der Waals surface area contributed by atoms with Crippen LogP contribution in [-0.2, 0) is 12.5 Å². The zero-order valence-electron chi connectivity index (χ0n) is 16.0. The van der Waals surface area contributed by atoms with Crippen LogP contribution in [0.15, 0.2) is 10.2 Å².